The Morgan fingerprint density at radius 2 is 2.03 bits per heavy atom. The third-order valence-electron chi connectivity index (χ3n) is 6.12. The van der Waals surface area contributed by atoms with Crippen LogP contribution in [-0.2, 0) is 13.1 Å². The van der Waals surface area contributed by atoms with Gasteiger partial charge in [-0.05, 0) is 37.4 Å². The predicted octanol–water partition coefficient (Wildman–Crippen LogP) is 1.91. The van der Waals surface area contributed by atoms with Crippen LogP contribution >= 0.6 is 0 Å². The normalized spacial score (nSPS) is 19.4. The van der Waals surface area contributed by atoms with E-state index in [1.807, 2.05) is 26.2 Å². The molecule has 176 valence electrons. The van der Waals surface area contributed by atoms with E-state index in [1.165, 1.54) is 24.0 Å². The maximum atomic E-state index is 14.4. The van der Waals surface area contributed by atoms with E-state index in [2.05, 4.69) is 43.0 Å². The van der Waals surface area contributed by atoms with Gasteiger partial charge in [-0.25, -0.2) is 19.5 Å². The van der Waals surface area contributed by atoms with E-state index in [1.54, 1.807) is 4.68 Å². The van der Waals surface area contributed by atoms with Gasteiger partial charge in [0.2, 0.25) is 0 Å². The smallest absolute Gasteiger partial charge is 0.185 e. The molecule has 10 heteroatoms. The third kappa shape index (κ3) is 4.00. The molecule has 3 aromatic rings. The zero-order valence-corrected chi connectivity index (χ0v) is 19.0. The number of hydrazine groups is 1. The number of anilines is 1. The maximum Gasteiger partial charge on any atom is 0.185 e. The van der Waals surface area contributed by atoms with Gasteiger partial charge >= 0.3 is 0 Å². The molecule has 3 heterocycles. The number of nitrogens with zero attached hydrogens (tertiary/aromatic N) is 5. The molecular formula is C24H26FN7O2. The summed E-state index contributed by atoms with van der Waals surface area (Å²) in [5.41, 5.74) is 10.5. The van der Waals surface area contributed by atoms with Gasteiger partial charge in [0.05, 0.1) is 36.5 Å². The lowest BCUT2D eigenvalue weighted by Crippen LogP contribution is -2.35. The van der Waals surface area contributed by atoms with Crippen LogP contribution in [0.3, 0.4) is 0 Å². The highest BCUT2D eigenvalue weighted by Crippen LogP contribution is 2.40. The summed E-state index contributed by atoms with van der Waals surface area (Å²) >= 11 is 0. The van der Waals surface area contributed by atoms with Crippen molar-refractivity contribution in [2.24, 2.45) is 4.99 Å². The molecule has 3 N–H and O–H groups in total. The number of aliphatic hydroxyl groups is 1. The molecule has 0 saturated carbocycles. The molecule has 0 spiro atoms. The topological polar surface area (TPSA) is 108 Å². The Labute approximate surface area is 196 Å². The van der Waals surface area contributed by atoms with Crippen molar-refractivity contribution in [3.05, 3.63) is 76.6 Å². The molecule has 2 aliphatic heterocycles. The summed E-state index contributed by atoms with van der Waals surface area (Å²) < 4.78 is 16.0. The standard InChI is InChI=1S/C24H26FN7O2/c1-31(2)12-14-3-5-15(6-4-14)22-21(24-27-13-28-32(24)7-8-33)23-20-17(19(34)11-26-23)9-16(25)10-18(20)29-30-22/h3-6,9-10,13,21-22,29-30,33H,7-8,11-12H2,1-2H3. The molecule has 5 rings (SSSR count). The second-order valence-corrected chi connectivity index (χ2v) is 8.77. The fraction of sp³-hybridized carbons (Fsp3) is 0.333. The Balaban J connectivity index is 1.66. The zero-order chi connectivity index (χ0) is 23.8. The number of Topliss-reactive ketones (excluding diaryl/α,β-unsaturated/α-hetero) is 1. The molecule has 0 aliphatic carbocycles. The van der Waals surface area contributed by atoms with E-state index in [0.29, 0.717) is 28.4 Å². The van der Waals surface area contributed by atoms with Crippen molar-refractivity contribution < 1.29 is 14.3 Å². The predicted molar refractivity (Wildman–Crippen MR) is 125 cm³/mol. The highest BCUT2D eigenvalue weighted by atomic mass is 19.1. The summed E-state index contributed by atoms with van der Waals surface area (Å²) in [6.45, 7) is 0.915. The molecule has 0 bridgehead atoms. The number of aliphatic hydroxyl groups excluding tert-OH is 1. The second-order valence-electron chi connectivity index (χ2n) is 8.77. The van der Waals surface area contributed by atoms with Crippen LogP contribution in [0.15, 0.2) is 47.7 Å². The van der Waals surface area contributed by atoms with E-state index >= 15 is 0 Å². The van der Waals surface area contributed by atoms with Crippen LogP contribution in [0.5, 0.6) is 0 Å². The van der Waals surface area contributed by atoms with Crippen LogP contribution < -0.4 is 10.9 Å². The monoisotopic (exact) mass is 463 g/mol. The third-order valence-corrected chi connectivity index (χ3v) is 6.12. The van der Waals surface area contributed by atoms with E-state index < -0.39 is 11.7 Å². The van der Waals surface area contributed by atoms with Crippen LogP contribution in [0.2, 0.25) is 0 Å². The van der Waals surface area contributed by atoms with Crippen molar-refractivity contribution in [2.75, 3.05) is 32.7 Å². The van der Waals surface area contributed by atoms with Crippen LogP contribution in [0.1, 0.15) is 44.8 Å². The zero-order valence-electron chi connectivity index (χ0n) is 19.0. The van der Waals surface area contributed by atoms with Gasteiger partial charge in [0.25, 0.3) is 0 Å². The van der Waals surface area contributed by atoms with E-state index in [9.17, 15) is 14.3 Å². The number of rotatable bonds is 6. The van der Waals surface area contributed by atoms with E-state index in [-0.39, 0.29) is 31.5 Å². The number of aliphatic imine (C=N–C) groups is 1. The summed E-state index contributed by atoms with van der Waals surface area (Å²) in [7, 11) is 4.04. The van der Waals surface area contributed by atoms with Crippen molar-refractivity contribution in [1.82, 2.24) is 25.1 Å². The average Bonchev–Trinajstić information content (AvgIpc) is 3.19. The lowest BCUT2D eigenvalue weighted by Gasteiger charge is -2.28. The van der Waals surface area contributed by atoms with Crippen LogP contribution in [0.4, 0.5) is 10.1 Å². The summed E-state index contributed by atoms with van der Waals surface area (Å²) in [5, 5.41) is 13.9. The van der Waals surface area contributed by atoms with Gasteiger partial charge in [-0.1, -0.05) is 24.3 Å². The summed E-state index contributed by atoms with van der Waals surface area (Å²) in [5.74, 6) is -0.575. The summed E-state index contributed by atoms with van der Waals surface area (Å²) in [6, 6.07) is 10.5. The Hall–Kier alpha value is -3.47. The molecule has 2 atom stereocenters. The molecule has 2 unspecified atom stereocenters. The quantitative estimate of drug-likeness (QED) is 0.513. The molecule has 0 saturated heterocycles. The minimum Gasteiger partial charge on any atom is -0.394 e. The van der Waals surface area contributed by atoms with Gasteiger partial charge in [-0.2, -0.15) is 5.10 Å². The number of carbonyl (C=O) groups is 1. The first-order valence-electron chi connectivity index (χ1n) is 11.1. The number of ketones is 1. The number of hydrogen-bond donors (Lipinski definition) is 3. The minimum atomic E-state index is -0.496. The lowest BCUT2D eigenvalue weighted by atomic mass is 9.82. The second kappa shape index (κ2) is 9.05. The van der Waals surface area contributed by atoms with Crippen molar-refractivity contribution in [1.29, 1.82) is 0 Å². The molecule has 2 aromatic carbocycles. The molecule has 2 aliphatic rings. The van der Waals surface area contributed by atoms with E-state index in [4.69, 9.17) is 0 Å². The van der Waals surface area contributed by atoms with Crippen molar-refractivity contribution in [2.45, 2.75) is 25.0 Å². The first-order valence-corrected chi connectivity index (χ1v) is 11.1. The lowest BCUT2D eigenvalue weighted by molar-refractivity contribution is 0.0999. The molecule has 34 heavy (non-hydrogen) atoms. The minimum absolute atomic E-state index is 0.0651. The van der Waals surface area contributed by atoms with E-state index in [0.717, 1.165) is 12.1 Å². The van der Waals surface area contributed by atoms with Crippen molar-refractivity contribution in [3.8, 4) is 0 Å². The van der Waals surface area contributed by atoms with Crippen molar-refractivity contribution >= 4 is 17.2 Å². The fourth-order valence-corrected chi connectivity index (χ4v) is 4.70. The Bertz CT molecular complexity index is 1250. The maximum absolute atomic E-state index is 14.4. The van der Waals surface area contributed by atoms with Crippen LogP contribution in [0, 0.1) is 5.82 Å². The van der Waals surface area contributed by atoms with Gasteiger partial charge < -0.3 is 15.4 Å². The number of hydrogen-bond acceptors (Lipinski definition) is 8. The molecule has 9 nitrogen and oxygen atoms in total. The van der Waals surface area contributed by atoms with Gasteiger partial charge in [-0.15, -0.1) is 0 Å². The highest BCUT2D eigenvalue weighted by Gasteiger charge is 2.40. The number of benzene rings is 2. The average molecular weight is 464 g/mol. The molecule has 0 fully saturated rings. The number of nitrogens with one attached hydrogen (secondary N) is 2. The Morgan fingerprint density at radius 3 is 2.76 bits per heavy atom. The van der Waals surface area contributed by atoms with Crippen LogP contribution in [0.25, 0.3) is 0 Å². The number of carbonyl (C=O) groups excluding carboxylic acids is 1. The van der Waals surface area contributed by atoms with Gasteiger partial charge in [0, 0.05) is 17.7 Å². The van der Waals surface area contributed by atoms with Gasteiger partial charge in [0.1, 0.15) is 24.5 Å². The van der Waals surface area contributed by atoms with Crippen molar-refractivity contribution in [3.63, 3.8) is 0 Å². The largest absolute Gasteiger partial charge is 0.394 e. The fourth-order valence-electron chi connectivity index (χ4n) is 4.70. The number of aromatic nitrogens is 3. The molecule has 0 radical (unpaired) electrons. The summed E-state index contributed by atoms with van der Waals surface area (Å²) in [4.78, 5) is 23.9. The van der Waals surface area contributed by atoms with Gasteiger partial charge in [-0.3, -0.25) is 9.79 Å². The first kappa shape index (κ1) is 22.3. The van der Waals surface area contributed by atoms with Crippen LogP contribution in [-0.4, -0.2) is 63.5 Å². The number of halogens is 1. The Kier molecular flexibility index (Phi) is 5.94. The molecule has 1 aromatic heterocycles. The Morgan fingerprint density at radius 1 is 1.24 bits per heavy atom. The first-order chi connectivity index (χ1) is 16.5. The summed E-state index contributed by atoms with van der Waals surface area (Å²) in [6.07, 6.45) is 1.45. The molecule has 0 amide bonds. The molecular weight excluding hydrogens is 437 g/mol. The van der Waals surface area contributed by atoms with Gasteiger partial charge in [0.15, 0.2) is 5.78 Å². The SMILES string of the molecule is CN(C)Cc1ccc(C2NNc3cc(F)cc4c3C(=NCC4=O)C2c2ncnn2CCO)cc1. The highest BCUT2D eigenvalue weighted by molar-refractivity contribution is 6.20.